The van der Waals surface area contributed by atoms with Crippen LogP contribution in [-0.4, -0.2) is 24.1 Å². The number of benzene rings is 1. The number of amides is 1. The minimum atomic E-state index is -0.629. The third kappa shape index (κ3) is 6.79. The molecule has 1 aromatic carbocycles. The summed E-state index contributed by atoms with van der Waals surface area (Å²) in [5, 5.41) is 10.3. The van der Waals surface area contributed by atoms with Gasteiger partial charge >= 0.3 is 6.09 Å². The molecule has 0 aromatic heterocycles. The van der Waals surface area contributed by atoms with E-state index in [0.717, 1.165) is 18.6 Å². The quantitative estimate of drug-likeness (QED) is 0.493. The van der Waals surface area contributed by atoms with Crippen molar-refractivity contribution in [1.82, 2.24) is 5.32 Å². The highest BCUT2D eigenvalue weighted by Crippen LogP contribution is 2.13. The van der Waals surface area contributed by atoms with Crippen LogP contribution in [-0.2, 0) is 4.74 Å². The fraction of sp³-hybridized carbons (Fsp3) is 0.500. The van der Waals surface area contributed by atoms with Gasteiger partial charge in [-0.2, -0.15) is 0 Å². The van der Waals surface area contributed by atoms with E-state index in [4.69, 9.17) is 14.9 Å². The SMILES string of the molecule is CCCCOc1ccc(C(=N)NC(=O)OC(C)(C)C)cc1. The molecule has 116 valence electrons. The number of carbonyl (C=O) groups excluding carboxylic acids is 1. The van der Waals surface area contributed by atoms with E-state index in [1.165, 1.54) is 0 Å². The zero-order chi connectivity index (χ0) is 15.9. The Morgan fingerprint density at radius 3 is 2.38 bits per heavy atom. The van der Waals surface area contributed by atoms with E-state index in [2.05, 4.69) is 12.2 Å². The third-order valence-corrected chi connectivity index (χ3v) is 2.54. The lowest BCUT2D eigenvalue weighted by Gasteiger charge is -2.19. The van der Waals surface area contributed by atoms with E-state index < -0.39 is 11.7 Å². The van der Waals surface area contributed by atoms with Crippen molar-refractivity contribution in [2.45, 2.75) is 46.1 Å². The molecule has 0 heterocycles. The lowest BCUT2D eigenvalue weighted by molar-refractivity contribution is 0.0563. The first-order chi connectivity index (χ1) is 9.81. The molecule has 21 heavy (non-hydrogen) atoms. The Balaban J connectivity index is 2.53. The van der Waals surface area contributed by atoms with E-state index in [-0.39, 0.29) is 5.84 Å². The van der Waals surface area contributed by atoms with Crippen molar-refractivity contribution >= 4 is 11.9 Å². The minimum absolute atomic E-state index is 0.00404. The molecule has 5 heteroatoms. The maximum Gasteiger partial charge on any atom is 0.413 e. The Labute approximate surface area is 126 Å². The molecule has 0 unspecified atom stereocenters. The molecular weight excluding hydrogens is 268 g/mol. The van der Waals surface area contributed by atoms with E-state index in [1.807, 2.05) is 0 Å². The lowest BCUT2D eigenvalue weighted by atomic mass is 10.2. The number of hydrogen-bond acceptors (Lipinski definition) is 4. The molecule has 0 spiro atoms. The normalized spacial score (nSPS) is 10.9. The van der Waals surface area contributed by atoms with Gasteiger partial charge in [-0.3, -0.25) is 10.7 Å². The summed E-state index contributed by atoms with van der Waals surface area (Å²) in [6, 6.07) is 7.05. The van der Waals surface area contributed by atoms with Gasteiger partial charge in [-0.15, -0.1) is 0 Å². The molecule has 1 rings (SSSR count). The topological polar surface area (TPSA) is 71.4 Å². The fourth-order valence-electron chi connectivity index (χ4n) is 1.53. The first-order valence-electron chi connectivity index (χ1n) is 7.13. The Morgan fingerprint density at radius 1 is 1.24 bits per heavy atom. The summed E-state index contributed by atoms with van der Waals surface area (Å²) in [7, 11) is 0. The maximum atomic E-state index is 11.6. The second-order valence-electron chi connectivity index (χ2n) is 5.73. The molecule has 0 fully saturated rings. The molecule has 0 aliphatic heterocycles. The Hall–Kier alpha value is -2.04. The Morgan fingerprint density at radius 2 is 1.86 bits per heavy atom. The summed E-state index contributed by atoms with van der Waals surface area (Å²) in [6.07, 6.45) is 1.47. The highest BCUT2D eigenvalue weighted by molar-refractivity contribution is 6.04. The molecule has 0 atom stereocenters. The van der Waals surface area contributed by atoms with Crippen LogP contribution in [0.4, 0.5) is 4.79 Å². The van der Waals surface area contributed by atoms with Crippen molar-refractivity contribution in [2.75, 3.05) is 6.61 Å². The van der Waals surface area contributed by atoms with Crippen LogP contribution >= 0.6 is 0 Å². The second-order valence-corrected chi connectivity index (χ2v) is 5.73. The molecule has 0 saturated carbocycles. The number of ether oxygens (including phenoxy) is 2. The van der Waals surface area contributed by atoms with Gasteiger partial charge in [0.15, 0.2) is 0 Å². The van der Waals surface area contributed by atoms with Gasteiger partial charge in [0.1, 0.15) is 17.2 Å². The molecule has 0 radical (unpaired) electrons. The first-order valence-corrected chi connectivity index (χ1v) is 7.13. The summed E-state index contributed by atoms with van der Waals surface area (Å²) in [5.41, 5.74) is 0.0186. The molecule has 0 aliphatic carbocycles. The highest BCUT2D eigenvalue weighted by Gasteiger charge is 2.17. The smallest absolute Gasteiger partial charge is 0.413 e. The van der Waals surface area contributed by atoms with Crippen LogP contribution in [0.25, 0.3) is 0 Å². The van der Waals surface area contributed by atoms with Crippen LogP contribution in [0.1, 0.15) is 46.1 Å². The molecule has 5 nitrogen and oxygen atoms in total. The molecular formula is C16H24N2O3. The minimum Gasteiger partial charge on any atom is -0.494 e. The van der Waals surface area contributed by atoms with Gasteiger partial charge in [-0.1, -0.05) is 13.3 Å². The zero-order valence-electron chi connectivity index (χ0n) is 13.2. The number of amidine groups is 1. The molecule has 1 aromatic rings. The van der Waals surface area contributed by atoms with Crippen LogP contribution in [0.3, 0.4) is 0 Å². The molecule has 0 bridgehead atoms. The second kappa shape index (κ2) is 7.67. The predicted octanol–water partition coefficient (Wildman–Crippen LogP) is 3.72. The van der Waals surface area contributed by atoms with Crippen molar-refractivity contribution in [3.05, 3.63) is 29.8 Å². The van der Waals surface area contributed by atoms with Crippen LogP contribution < -0.4 is 10.1 Å². The number of unbranched alkanes of at least 4 members (excludes halogenated alkanes) is 1. The summed E-state index contributed by atoms with van der Waals surface area (Å²) in [4.78, 5) is 11.6. The van der Waals surface area contributed by atoms with Crippen LogP contribution in [0.2, 0.25) is 0 Å². The summed E-state index contributed by atoms with van der Waals surface area (Å²) < 4.78 is 10.6. The number of hydrogen-bond donors (Lipinski definition) is 2. The van der Waals surface area contributed by atoms with Gasteiger partial charge in [0.25, 0.3) is 0 Å². The van der Waals surface area contributed by atoms with Crippen molar-refractivity contribution in [2.24, 2.45) is 0 Å². The molecule has 2 N–H and O–H groups in total. The van der Waals surface area contributed by atoms with Crippen molar-refractivity contribution < 1.29 is 14.3 Å². The first kappa shape index (κ1) is 17.0. The third-order valence-electron chi connectivity index (χ3n) is 2.54. The monoisotopic (exact) mass is 292 g/mol. The number of alkyl carbamates (subject to hydrolysis) is 1. The van der Waals surface area contributed by atoms with E-state index in [9.17, 15) is 4.79 Å². The van der Waals surface area contributed by atoms with Crippen molar-refractivity contribution in [3.63, 3.8) is 0 Å². The van der Waals surface area contributed by atoms with Crippen LogP contribution in [0.15, 0.2) is 24.3 Å². The van der Waals surface area contributed by atoms with E-state index >= 15 is 0 Å². The van der Waals surface area contributed by atoms with Gasteiger partial charge < -0.3 is 9.47 Å². The largest absolute Gasteiger partial charge is 0.494 e. The summed E-state index contributed by atoms with van der Waals surface area (Å²) in [6.45, 7) is 8.12. The van der Waals surface area contributed by atoms with Gasteiger partial charge in [-0.05, 0) is 51.5 Å². The van der Waals surface area contributed by atoms with E-state index in [1.54, 1.807) is 45.0 Å². The van der Waals surface area contributed by atoms with Gasteiger partial charge in [0.05, 0.1) is 6.61 Å². The predicted molar refractivity (Wildman–Crippen MR) is 83.0 cm³/mol. The number of carbonyl (C=O) groups is 1. The standard InChI is InChI=1S/C16H24N2O3/c1-5-6-11-20-13-9-7-12(8-10-13)14(17)18-15(19)21-16(2,3)4/h7-10H,5-6,11H2,1-4H3,(H2,17,18,19). The van der Waals surface area contributed by atoms with Crippen LogP contribution in [0.5, 0.6) is 5.75 Å². The van der Waals surface area contributed by atoms with Crippen molar-refractivity contribution in [1.29, 1.82) is 5.41 Å². The van der Waals surface area contributed by atoms with Crippen molar-refractivity contribution in [3.8, 4) is 5.75 Å². The zero-order valence-corrected chi connectivity index (χ0v) is 13.2. The number of rotatable bonds is 5. The Bertz CT molecular complexity index is 475. The van der Waals surface area contributed by atoms with Crippen LogP contribution in [0, 0.1) is 5.41 Å². The molecule has 0 aliphatic rings. The lowest BCUT2D eigenvalue weighted by Crippen LogP contribution is -2.36. The highest BCUT2D eigenvalue weighted by atomic mass is 16.6. The van der Waals surface area contributed by atoms with E-state index in [0.29, 0.717) is 12.2 Å². The number of nitrogens with one attached hydrogen (secondary N) is 2. The fourth-order valence-corrected chi connectivity index (χ4v) is 1.53. The van der Waals surface area contributed by atoms with Gasteiger partial charge in [-0.25, -0.2) is 4.79 Å². The van der Waals surface area contributed by atoms with Gasteiger partial charge in [0.2, 0.25) is 0 Å². The van der Waals surface area contributed by atoms with Gasteiger partial charge in [0, 0.05) is 5.56 Å². The average molecular weight is 292 g/mol. The summed E-state index contributed by atoms with van der Waals surface area (Å²) >= 11 is 0. The summed E-state index contributed by atoms with van der Waals surface area (Å²) in [5.74, 6) is 0.765. The maximum absolute atomic E-state index is 11.6. The molecule has 1 amide bonds. The molecule has 0 saturated heterocycles. The average Bonchev–Trinajstić information content (AvgIpc) is 2.37. The Kier molecular flexibility index (Phi) is 6.21.